The summed E-state index contributed by atoms with van der Waals surface area (Å²) in [5.41, 5.74) is 1.13. The smallest absolute Gasteiger partial charge is 0.311 e. The van der Waals surface area contributed by atoms with E-state index in [0.29, 0.717) is 28.5 Å². The molecular formula is C26H23NO6. The number of carbonyl (C=O) groups excluding carboxylic acids is 3. The van der Waals surface area contributed by atoms with Gasteiger partial charge < -0.3 is 19.1 Å². The van der Waals surface area contributed by atoms with Crippen molar-refractivity contribution in [3.63, 3.8) is 0 Å². The van der Waals surface area contributed by atoms with Crippen LogP contribution in [-0.4, -0.2) is 37.9 Å². The maximum Gasteiger partial charge on any atom is 0.311 e. The monoisotopic (exact) mass is 445 g/mol. The summed E-state index contributed by atoms with van der Waals surface area (Å²) in [4.78, 5) is 38.6. The Bertz CT molecular complexity index is 1140. The first-order chi connectivity index (χ1) is 16.0. The number of anilines is 1. The molecule has 7 nitrogen and oxygen atoms in total. The van der Waals surface area contributed by atoms with E-state index in [0.717, 1.165) is 0 Å². The molecule has 0 aromatic heterocycles. The van der Waals surface area contributed by atoms with Crippen molar-refractivity contribution < 1.29 is 28.6 Å². The van der Waals surface area contributed by atoms with E-state index in [1.54, 1.807) is 73.8 Å². The number of nitrogens with zero attached hydrogens (tertiary/aromatic N) is 1. The minimum atomic E-state index is -0.620. The average molecular weight is 445 g/mol. The van der Waals surface area contributed by atoms with Crippen LogP contribution in [-0.2, 0) is 14.3 Å². The fourth-order valence-electron chi connectivity index (χ4n) is 3.60. The summed E-state index contributed by atoms with van der Waals surface area (Å²) < 4.78 is 16.3. The van der Waals surface area contributed by atoms with Crippen molar-refractivity contribution in [3.8, 4) is 17.2 Å². The van der Waals surface area contributed by atoms with Gasteiger partial charge in [-0.15, -0.1) is 0 Å². The van der Waals surface area contributed by atoms with Gasteiger partial charge in [0.15, 0.2) is 23.9 Å². The summed E-state index contributed by atoms with van der Waals surface area (Å²) >= 11 is 0. The Morgan fingerprint density at radius 1 is 0.909 bits per heavy atom. The van der Waals surface area contributed by atoms with Crippen LogP contribution in [0.2, 0.25) is 0 Å². The molecule has 1 aliphatic rings. The second-order valence-electron chi connectivity index (χ2n) is 7.55. The Morgan fingerprint density at radius 2 is 1.58 bits per heavy atom. The summed E-state index contributed by atoms with van der Waals surface area (Å²) in [7, 11) is 1.57. The molecule has 1 saturated heterocycles. The molecule has 0 saturated carbocycles. The van der Waals surface area contributed by atoms with E-state index in [9.17, 15) is 14.4 Å². The standard InChI is InChI=1S/C26H23NO6/c1-31-23-9-5-6-10-24(23)33-21-13-11-20(12-14-21)27-16-19(15-25(27)29)26(30)32-17-22(28)18-7-3-2-4-8-18/h2-14,19H,15-17H2,1H3/t19-/m1/s1. The maximum atomic E-state index is 12.5. The van der Waals surface area contributed by atoms with E-state index in [1.807, 2.05) is 12.1 Å². The molecule has 1 heterocycles. The third kappa shape index (κ3) is 5.20. The lowest BCUT2D eigenvalue weighted by Gasteiger charge is -2.17. The number of methoxy groups -OCH3 is 1. The van der Waals surface area contributed by atoms with Gasteiger partial charge in [0, 0.05) is 24.2 Å². The highest BCUT2D eigenvalue weighted by atomic mass is 16.5. The van der Waals surface area contributed by atoms with E-state index >= 15 is 0 Å². The lowest BCUT2D eigenvalue weighted by Crippen LogP contribution is -2.27. The second kappa shape index (κ2) is 9.99. The summed E-state index contributed by atoms with van der Waals surface area (Å²) in [6, 6.07) is 23.0. The number of hydrogen-bond donors (Lipinski definition) is 0. The number of benzene rings is 3. The quantitative estimate of drug-likeness (QED) is 0.381. The number of Topliss-reactive ketones (excluding diaryl/α,β-unsaturated/α-hetero) is 1. The van der Waals surface area contributed by atoms with Gasteiger partial charge in [0.25, 0.3) is 0 Å². The Balaban J connectivity index is 1.35. The van der Waals surface area contributed by atoms with E-state index in [1.165, 1.54) is 4.90 Å². The first kappa shape index (κ1) is 22.1. The molecule has 3 aromatic carbocycles. The molecule has 1 aliphatic heterocycles. The van der Waals surface area contributed by atoms with Gasteiger partial charge in [0.05, 0.1) is 13.0 Å². The molecule has 1 fully saturated rings. The molecule has 33 heavy (non-hydrogen) atoms. The number of amides is 1. The average Bonchev–Trinajstić information content (AvgIpc) is 3.25. The van der Waals surface area contributed by atoms with Gasteiger partial charge in [-0.3, -0.25) is 14.4 Å². The van der Waals surface area contributed by atoms with Gasteiger partial charge in [-0.2, -0.15) is 0 Å². The normalized spacial score (nSPS) is 15.2. The minimum absolute atomic E-state index is 0.0395. The van der Waals surface area contributed by atoms with Crippen molar-refractivity contribution in [3.05, 3.63) is 84.4 Å². The van der Waals surface area contributed by atoms with E-state index in [2.05, 4.69) is 0 Å². The highest BCUT2D eigenvalue weighted by molar-refractivity contribution is 6.01. The number of para-hydroxylation sites is 2. The Labute approximate surface area is 191 Å². The zero-order valence-corrected chi connectivity index (χ0v) is 18.1. The molecule has 4 rings (SSSR count). The lowest BCUT2D eigenvalue weighted by atomic mass is 10.1. The fourth-order valence-corrected chi connectivity index (χ4v) is 3.60. The fraction of sp³-hybridized carbons (Fsp3) is 0.192. The van der Waals surface area contributed by atoms with Crippen LogP contribution in [0, 0.1) is 5.92 Å². The zero-order valence-electron chi connectivity index (χ0n) is 18.1. The largest absolute Gasteiger partial charge is 0.493 e. The van der Waals surface area contributed by atoms with Crippen LogP contribution in [0.1, 0.15) is 16.8 Å². The van der Waals surface area contributed by atoms with Crippen molar-refractivity contribution in [1.82, 2.24) is 0 Å². The summed E-state index contributed by atoms with van der Waals surface area (Å²) in [5.74, 6) is 0.156. The maximum absolute atomic E-state index is 12.5. The van der Waals surface area contributed by atoms with E-state index < -0.39 is 11.9 Å². The summed E-state index contributed by atoms with van der Waals surface area (Å²) in [5, 5.41) is 0. The molecule has 0 spiro atoms. The van der Waals surface area contributed by atoms with Crippen LogP contribution in [0.3, 0.4) is 0 Å². The molecule has 0 radical (unpaired) electrons. The molecular weight excluding hydrogens is 422 g/mol. The second-order valence-corrected chi connectivity index (χ2v) is 7.55. The van der Waals surface area contributed by atoms with Gasteiger partial charge in [0.2, 0.25) is 5.91 Å². The topological polar surface area (TPSA) is 82.1 Å². The van der Waals surface area contributed by atoms with Crippen LogP contribution in [0.25, 0.3) is 0 Å². The molecule has 0 N–H and O–H groups in total. The van der Waals surface area contributed by atoms with Crippen LogP contribution in [0.5, 0.6) is 17.2 Å². The molecule has 1 amide bonds. The van der Waals surface area contributed by atoms with Crippen LogP contribution >= 0.6 is 0 Å². The molecule has 0 bridgehead atoms. The number of hydrogen-bond acceptors (Lipinski definition) is 6. The number of rotatable bonds is 8. The number of carbonyl (C=O) groups is 3. The summed E-state index contributed by atoms with van der Waals surface area (Å²) in [6.45, 7) is -0.146. The Hall–Kier alpha value is -4.13. The molecule has 168 valence electrons. The molecule has 7 heteroatoms. The third-order valence-electron chi connectivity index (χ3n) is 5.34. The predicted molar refractivity (Wildman–Crippen MR) is 122 cm³/mol. The van der Waals surface area contributed by atoms with Gasteiger partial charge >= 0.3 is 5.97 Å². The number of ether oxygens (including phenoxy) is 3. The number of esters is 1. The predicted octanol–water partition coefficient (Wildman–Crippen LogP) is 4.27. The Morgan fingerprint density at radius 3 is 2.27 bits per heavy atom. The molecule has 0 aliphatic carbocycles. The molecule has 0 unspecified atom stereocenters. The lowest BCUT2D eigenvalue weighted by molar-refractivity contribution is -0.147. The van der Waals surface area contributed by atoms with Crippen molar-refractivity contribution in [1.29, 1.82) is 0 Å². The van der Waals surface area contributed by atoms with Gasteiger partial charge in [-0.1, -0.05) is 42.5 Å². The first-order valence-corrected chi connectivity index (χ1v) is 10.5. The van der Waals surface area contributed by atoms with Crippen molar-refractivity contribution in [2.45, 2.75) is 6.42 Å². The molecule has 3 aromatic rings. The number of ketones is 1. The molecule has 1 atom stereocenters. The highest BCUT2D eigenvalue weighted by Crippen LogP contribution is 2.33. The minimum Gasteiger partial charge on any atom is -0.493 e. The van der Waals surface area contributed by atoms with E-state index in [4.69, 9.17) is 14.2 Å². The zero-order chi connectivity index (χ0) is 23.2. The van der Waals surface area contributed by atoms with Crippen LogP contribution in [0.15, 0.2) is 78.9 Å². The van der Waals surface area contributed by atoms with Crippen molar-refractivity contribution in [2.24, 2.45) is 5.92 Å². The summed E-state index contributed by atoms with van der Waals surface area (Å²) in [6.07, 6.45) is 0.0395. The van der Waals surface area contributed by atoms with Gasteiger partial charge in [-0.05, 0) is 36.4 Å². The third-order valence-corrected chi connectivity index (χ3v) is 5.34. The first-order valence-electron chi connectivity index (χ1n) is 10.5. The van der Waals surface area contributed by atoms with E-state index in [-0.39, 0.29) is 31.3 Å². The van der Waals surface area contributed by atoms with Crippen molar-refractivity contribution in [2.75, 3.05) is 25.2 Å². The SMILES string of the molecule is COc1ccccc1Oc1ccc(N2C[C@H](C(=O)OCC(=O)c3ccccc3)CC2=O)cc1. The van der Waals surface area contributed by atoms with Gasteiger partial charge in [-0.25, -0.2) is 0 Å². The Kier molecular flexibility index (Phi) is 6.69. The van der Waals surface area contributed by atoms with Gasteiger partial charge in [0.1, 0.15) is 5.75 Å². The van der Waals surface area contributed by atoms with Crippen molar-refractivity contribution >= 4 is 23.3 Å². The van der Waals surface area contributed by atoms with Crippen LogP contribution in [0.4, 0.5) is 5.69 Å². The highest BCUT2D eigenvalue weighted by Gasteiger charge is 2.36. The van der Waals surface area contributed by atoms with Crippen LogP contribution < -0.4 is 14.4 Å².